The Kier molecular flexibility index (Phi) is 7.11. The number of aryl methyl sites for hydroxylation is 1. The maximum absolute atomic E-state index is 12.0. The number of carbonyl (C=O) groups is 2. The largest absolute Gasteiger partial charge is 0.462 e. The molecule has 136 valence electrons. The number of rotatable bonds is 4. The van der Waals surface area contributed by atoms with Gasteiger partial charge in [-0.3, -0.25) is 4.79 Å². The number of primary amides is 1. The zero-order valence-corrected chi connectivity index (χ0v) is 16.3. The van der Waals surface area contributed by atoms with Crippen LogP contribution in [0.25, 0.3) is 21.3 Å². The molecule has 6 nitrogen and oxygen atoms in total. The third-order valence-corrected chi connectivity index (χ3v) is 5.35. The van der Waals surface area contributed by atoms with E-state index in [1.807, 2.05) is 25.3 Å². The van der Waals surface area contributed by atoms with Crippen molar-refractivity contribution in [2.24, 2.45) is 5.73 Å². The minimum atomic E-state index is -0.298. The molecule has 0 saturated heterocycles. The van der Waals surface area contributed by atoms with Crippen molar-refractivity contribution in [3.8, 4) is 11.1 Å². The summed E-state index contributed by atoms with van der Waals surface area (Å²) < 4.78 is 6.18. The first kappa shape index (κ1) is 19.9. The SMILES string of the molecule is CCOC(=O)c1ccc(C)c(-c2csc3c(SC)ncnc23)c1.NC=O. The van der Waals surface area contributed by atoms with Crippen LogP contribution in [0, 0.1) is 6.92 Å². The maximum atomic E-state index is 12.0. The first-order valence-corrected chi connectivity index (χ1v) is 9.87. The lowest BCUT2D eigenvalue weighted by Crippen LogP contribution is -2.04. The number of thiophene rings is 1. The number of esters is 1. The van der Waals surface area contributed by atoms with E-state index in [0.29, 0.717) is 12.2 Å². The second-order valence-electron chi connectivity index (χ2n) is 5.10. The van der Waals surface area contributed by atoms with Gasteiger partial charge in [0.1, 0.15) is 11.4 Å². The van der Waals surface area contributed by atoms with Gasteiger partial charge in [-0.25, -0.2) is 14.8 Å². The van der Waals surface area contributed by atoms with Gasteiger partial charge in [0.25, 0.3) is 0 Å². The van der Waals surface area contributed by atoms with Crippen LogP contribution < -0.4 is 5.73 Å². The van der Waals surface area contributed by atoms with Crippen molar-refractivity contribution in [3.63, 3.8) is 0 Å². The minimum Gasteiger partial charge on any atom is -0.462 e. The molecule has 0 saturated carbocycles. The summed E-state index contributed by atoms with van der Waals surface area (Å²) in [5, 5.41) is 3.06. The smallest absolute Gasteiger partial charge is 0.338 e. The van der Waals surface area contributed by atoms with Gasteiger partial charge in [-0.1, -0.05) is 6.07 Å². The molecule has 0 aliphatic heterocycles. The molecule has 2 heterocycles. The molecular weight excluding hydrogens is 370 g/mol. The Labute approximate surface area is 159 Å². The van der Waals surface area contributed by atoms with Gasteiger partial charge in [0, 0.05) is 10.9 Å². The number of amides is 1. The minimum absolute atomic E-state index is 0.250. The van der Waals surface area contributed by atoms with Gasteiger partial charge in [0.05, 0.1) is 22.4 Å². The van der Waals surface area contributed by atoms with Crippen LogP contribution in [-0.2, 0) is 9.53 Å². The molecule has 0 atom stereocenters. The van der Waals surface area contributed by atoms with Crippen LogP contribution in [-0.4, -0.2) is 35.2 Å². The molecule has 3 aromatic rings. The van der Waals surface area contributed by atoms with Crippen molar-refractivity contribution in [1.82, 2.24) is 9.97 Å². The number of benzene rings is 1. The molecule has 8 heteroatoms. The fourth-order valence-corrected chi connectivity index (χ4v) is 4.15. The quantitative estimate of drug-likeness (QED) is 0.317. The monoisotopic (exact) mass is 389 g/mol. The summed E-state index contributed by atoms with van der Waals surface area (Å²) in [7, 11) is 0. The topological polar surface area (TPSA) is 95.2 Å². The fraction of sp³-hybridized carbons (Fsp3) is 0.222. The number of carbonyl (C=O) groups excluding carboxylic acids is 2. The highest BCUT2D eigenvalue weighted by Gasteiger charge is 2.15. The molecule has 0 aliphatic carbocycles. The van der Waals surface area contributed by atoms with Gasteiger partial charge >= 0.3 is 5.97 Å². The van der Waals surface area contributed by atoms with Crippen LogP contribution >= 0.6 is 23.1 Å². The molecule has 1 amide bonds. The maximum Gasteiger partial charge on any atom is 0.338 e. The predicted octanol–water partition coefficient (Wildman–Crippen LogP) is 3.67. The van der Waals surface area contributed by atoms with E-state index in [9.17, 15) is 4.79 Å². The Hall–Kier alpha value is -2.45. The summed E-state index contributed by atoms with van der Waals surface area (Å²) in [6.45, 7) is 4.21. The molecule has 0 aliphatic rings. The van der Waals surface area contributed by atoms with Crippen LogP contribution in [0.15, 0.2) is 34.9 Å². The summed E-state index contributed by atoms with van der Waals surface area (Å²) in [5.41, 5.74) is 8.80. The summed E-state index contributed by atoms with van der Waals surface area (Å²) in [5.74, 6) is -0.298. The number of thioether (sulfide) groups is 1. The van der Waals surface area contributed by atoms with E-state index in [2.05, 4.69) is 21.1 Å². The van der Waals surface area contributed by atoms with Crippen LogP contribution in [0.2, 0.25) is 0 Å². The van der Waals surface area contributed by atoms with Crippen molar-refractivity contribution < 1.29 is 14.3 Å². The highest BCUT2D eigenvalue weighted by Crippen LogP contribution is 2.37. The van der Waals surface area contributed by atoms with Crippen LogP contribution in [0.5, 0.6) is 0 Å². The predicted molar refractivity (Wildman–Crippen MR) is 106 cm³/mol. The summed E-state index contributed by atoms with van der Waals surface area (Å²) in [4.78, 5) is 29.3. The summed E-state index contributed by atoms with van der Waals surface area (Å²) in [6.07, 6.45) is 3.85. The zero-order chi connectivity index (χ0) is 19.1. The van der Waals surface area contributed by atoms with Gasteiger partial charge in [-0.15, -0.1) is 23.1 Å². The Morgan fingerprint density at radius 1 is 1.35 bits per heavy atom. The van der Waals surface area contributed by atoms with Crippen molar-refractivity contribution in [2.75, 3.05) is 12.9 Å². The first-order valence-electron chi connectivity index (χ1n) is 7.77. The first-order chi connectivity index (χ1) is 12.6. The molecular formula is C18H19N3O3S2. The molecule has 2 aromatic heterocycles. The van der Waals surface area contributed by atoms with Gasteiger partial charge in [-0.05, 0) is 43.4 Å². The van der Waals surface area contributed by atoms with E-state index in [-0.39, 0.29) is 12.4 Å². The average Bonchev–Trinajstić information content (AvgIpc) is 3.07. The molecule has 26 heavy (non-hydrogen) atoms. The van der Waals surface area contributed by atoms with Gasteiger partial charge in [0.15, 0.2) is 0 Å². The Morgan fingerprint density at radius 2 is 2.08 bits per heavy atom. The number of ether oxygens (including phenoxy) is 1. The standard InChI is InChI=1S/C17H16N2O2S2.CH3NO/c1-4-21-17(20)11-6-5-10(2)12(7-11)13-8-23-15-14(13)18-9-19-16(15)22-3;2-1-3/h5-9H,4H2,1-3H3;1H,(H2,2,3). The van der Waals surface area contributed by atoms with Crippen LogP contribution in [0.3, 0.4) is 0 Å². The number of nitrogens with zero attached hydrogens (tertiary/aromatic N) is 2. The molecule has 0 spiro atoms. The number of fused-ring (bicyclic) bond motifs is 1. The van der Waals surface area contributed by atoms with E-state index in [1.54, 1.807) is 42.4 Å². The van der Waals surface area contributed by atoms with E-state index in [4.69, 9.17) is 9.53 Å². The Bertz CT molecular complexity index is 925. The molecule has 3 rings (SSSR count). The van der Waals surface area contributed by atoms with E-state index < -0.39 is 0 Å². The van der Waals surface area contributed by atoms with Crippen LogP contribution in [0.4, 0.5) is 0 Å². The molecule has 0 unspecified atom stereocenters. The molecule has 0 radical (unpaired) electrons. The normalized spacial score (nSPS) is 10.1. The highest BCUT2D eigenvalue weighted by molar-refractivity contribution is 7.98. The number of hydrogen-bond donors (Lipinski definition) is 1. The summed E-state index contributed by atoms with van der Waals surface area (Å²) >= 11 is 3.24. The lowest BCUT2D eigenvalue weighted by molar-refractivity contribution is -0.106. The lowest BCUT2D eigenvalue weighted by Gasteiger charge is -2.08. The van der Waals surface area contributed by atoms with Crippen molar-refractivity contribution in [1.29, 1.82) is 0 Å². The number of nitrogens with two attached hydrogens (primary N) is 1. The number of aromatic nitrogens is 2. The third-order valence-electron chi connectivity index (χ3n) is 3.55. The molecule has 0 fully saturated rings. The van der Waals surface area contributed by atoms with E-state index in [1.165, 1.54) is 0 Å². The summed E-state index contributed by atoms with van der Waals surface area (Å²) in [6, 6.07) is 5.63. The van der Waals surface area contributed by atoms with Crippen LogP contribution in [0.1, 0.15) is 22.8 Å². The van der Waals surface area contributed by atoms with Gasteiger partial charge in [0.2, 0.25) is 6.41 Å². The van der Waals surface area contributed by atoms with Gasteiger partial charge in [-0.2, -0.15) is 0 Å². The molecule has 0 bridgehead atoms. The number of hydrogen-bond acceptors (Lipinski definition) is 7. The third kappa shape index (κ3) is 4.20. The second kappa shape index (κ2) is 9.30. The van der Waals surface area contributed by atoms with E-state index >= 15 is 0 Å². The average molecular weight is 390 g/mol. The van der Waals surface area contributed by atoms with Crippen molar-refractivity contribution in [3.05, 3.63) is 41.0 Å². The fourth-order valence-electron chi connectivity index (χ4n) is 2.42. The molecule has 1 aromatic carbocycles. The second-order valence-corrected chi connectivity index (χ2v) is 6.77. The highest BCUT2D eigenvalue weighted by atomic mass is 32.2. The van der Waals surface area contributed by atoms with Crippen molar-refractivity contribution >= 4 is 45.7 Å². The van der Waals surface area contributed by atoms with Crippen molar-refractivity contribution in [2.45, 2.75) is 18.9 Å². The zero-order valence-electron chi connectivity index (χ0n) is 14.7. The Morgan fingerprint density at radius 3 is 2.73 bits per heavy atom. The Balaban J connectivity index is 0.000000758. The lowest BCUT2D eigenvalue weighted by atomic mass is 9.99. The molecule has 2 N–H and O–H groups in total. The van der Waals surface area contributed by atoms with Gasteiger partial charge < -0.3 is 10.5 Å². The van der Waals surface area contributed by atoms with E-state index in [0.717, 1.165) is 31.9 Å².